The number of nitrogens with zero attached hydrogens (tertiary/aromatic N) is 4. The molecule has 0 radical (unpaired) electrons. The lowest BCUT2D eigenvalue weighted by Crippen LogP contribution is -2.23. The molecular formula is C20H14F3N7O3. The van der Waals surface area contributed by atoms with E-state index in [0.717, 1.165) is 12.8 Å². The Bertz CT molecular complexity index is 1600. The molecule has 3 heterocycles. The van der Waals surface area contributed by atoms with Crippen molar-refractivity contribution in [1.82, 2.24) is 24.6 Å². The minimum atomic E-state index is -1.50. The molecule has 1 aromatic carbocycles. The summed E-state index contributed by atoms with van der Waals surface area (Å²) in [5.74, 6) is -5.69. The van der Waals surface area contributed by atoms with Crippen molar-refractivity contribution < 1.29 is 23.1 Å². The molecule has 0 spiro atoms. The van der Waals surface area contributed by atoms with Gasteiger partial charge in [-0.2, -0.15) is 9.61 Å². The van der Waals surface area contributed by atoms with Gasteiger partial charge in [0.25, 0.3) is 5.91 Å². The topological polar surface area (TPSA) is 141 Å². The number of imidazole rings is 1. The van der Waals surface area contributed by atoms with Crippen molar-refractivity contribution in [3.8, 4) is 5.88 Å². The zero-order chi connectivity index (χ0) is 23.3. The molecule has 168 valence electrons. The number of anilines is 1. The molecule has 1 saturated carbocycles. The largest absolute Gasteiger partial charge is 0.493 e. The van der Waals surface area contributed by atoms with Crippen molar-refractivity contribution in [2.45, 2.75) is 18.9 Å². The van der Waals surface area contributed by atoms with Gasteiger partial charge in [0.1, 0.15) is 17.3 Å². The molecule has 1 fully saturated rings. The second kappa shape index (κ2) is 7.62. The van der Waals surface area contributed by atoms with Crippen LogP contribution in [0.1, 0.15) is 28.9 Å². The summed E-state index contributed by atoms with van der Waals surface area (Å²) in [5, 5.41) is 16.7. The number of fused-ring (bicyclic) bond motifs is 1. The maximum absolute atomic E-state index is 14.0. The summed E-state index contributed by atoms with van der Waals surface area (Å²) >= 11 is 0. The number of benzene rings is 1. The van der Waals surface area contributed by atoms with Gasteiger partial charge < -0.3 is 15.4 Å². The van der Waals surface area contributed by atoms with Gasteiger partial charge in [0.05, 0.1) is 17.8 Å². The zero-order valence-electron chi connectivity index (χ0n) is 16.6. The number of carbonyl (C=O) groups excluding carboxylic acids is 1. The fourth-order valence-corrected chi connectivity index (χ4v) is 3.16. The molecule has 1 aliphatic carbocycles. The number of aromatic nitrogens is 5. The quantitative estimate of drug-likeness (QED) is 0.335. The van der Waals surface area contributed by atoms with E-state index in [9.17, 15) is 27.9 Å². The normalized spacial score (nSPS) is 14.9. The molecule has 0 aliphatic heterocycles. The first-order chi connectivity index (χ1) is 15.8. The third-order valence-corrected chi connectivity index (χ3v) is 4.86. The number of aromatic hydroxyl groups is 1. The molecule has 0 unspecified atom stereocenters. The first kappa shape index (κ1) is 20.5. The molecule has 13 heteroatoms. The fraction of sp³-hybridized carbons (Fsp3) is 0.150. The third kappa shape index (κ3) is 3.95. The smallest absolute Gasteiger partial charge is 0.326 e. The van der Waals surface area contributed by atoms with Gasteiger partial charge in [0.15, 0.2) is 22.8 Å². The molecule has 4 aromatic rings. The van der Waals surface area contributed by atoms with Crippen molar-refractivity contribution in [3.63, 3.8) is 0 Å². The minimum absolute atomic E-state index is 0.0654. The van der Waals surface area contributed by atoms with Crippen molar-refractivity contribution in [1.29, 1.82) is 0 Å². The van der Waals surface area contributed by atoms with E-state index >= 15 is 0 Å². The average molecular weight is 457 g/mol. The number of aromatic amines is 2. The number of carbonyl (C=O) groups is 1. The van der Waals surface area contributed by atoms with Crippen LogP contribution in [0.4, 0.5) is 19.0 Å². The van der Waals surface area contributed by atoms with Crippen LogP contribution in [0.5, 0.6) is 5.88 Å². The lowest BCUT2D eigenvalue weighted by molar-refractivity contribution is 0.102. The highest BCUT2D eigenvalue weighted by Crippen LogP contribution is 2.22. The van der Waals surface area contributed by atoms with Crippen LogP contribution in [0.3, 0.4) is 0 Å². The van der Waals surface area contributed by atoms with E-state index in [1.54, 1.807) is 0 Å². The minimum Gasteiger partial charge on any atom is -0.493 e. The predicted octanol–water partition coefficient (Wildman–Crippen LogP) is 0.732. The first-order valence-electron chi connectivity index (χ1n) is 9.70. The van der Waals surface area contributed by atoms with Crippen LogP contribution in [0.15, 0.2) is 34.2 Å². The second-order valence-electron chi connectivity index (χ2n) is 7.38. The fourth-order valence-electron chi connectivity index (χ4n) is 3.16. The third-order valence-electron chi connectivity index (χ3n) is 4.86. The number of halogens is 3. The average Bonchev–Trinajstić information content (AvgIpc) is 3.39. The van der Waals surface area contributed by atoms with Gasteiger partial charge >= 0.3 is 5.69 Å². The van der Waals surface area contributed by atoms with Crippen LogP contribution in [0.25, 0.3) is 11.7 Å². The molecule has 33 heavy (non-hydrogen) atoms. The van der Waals surface area contributed by atoms with Crippen LogP contribution < -0.4 is 21.7 Å². The zero-order valence-corrected chi connectivity index (χ0v) is 16.6. The maximum atomic E-state index is 14.0. The van der Waals surface area contributed by atoms with Gasteiger partial charge in [-0.25, -0.2) is 22.9 Å². The van der Waals surface area contributed by atoms with E-state index in [-0.39, 0.29) is 23.2 Å². The second-order valence-corrected chi connectivity index (χ2v) is 7.38. The Kier molecular flexibility index (Phi) is 4.73. The van der Waals surface area contributed by atoms with Crippen molar-refractivity contribution in [2.75, 3.05) is 5.32 Å². The SMILES string of the molecule is O=C(Nc1cc(=NC2CC2)n2nc/c(=C\c3[nH]c(=O)[nH]c3O)c2n1)c1cc(F)cc(F)c1F. The molecule has 0 atom stereocenters. The van der Waals surface area contributed by atoms with Crippen LogP contribution in [0, 0.1) is 17.5 Å². The maximum Gasteiger partial charge on any atom is 0.326 e. The number of H-pyrrole nitrogens is 2. The highest BCUT2D eigenvalue weighted by Gasteiger charge is 2.21. The summed E-state index contributed by atoms with van der Waals surface area (Å²) < 4.78 is 42.4. The van der Waals surface area contributed by atoms with E-state index in [2.05, 4.69) is 30.4 Å². The summed E-state index contributed by atoms with van der Waals surface area (Å²) in [6.45, 7) is 0. The molecule has 10 nitrogen and oxygen atoms in total. The lowest BCUT2D eigenvalue weighted by Gasteiger charge is -2.07. The summed E-state index contributed by atoms with van der Waals surface area (Å²) in [7, 11) is 0. The van der Waals surface area contributed by atoms with E-state index in [1.165, 1.54) is 22.9 Å². The lowest BCUT2D eigenvalue weighted by atomic mass is 10.2. The van der Waals surface area contributed by atoms with Crippen molar-refractivity contribution in [2.24, 2.45) is 4.99 Å². The summed E-state index contributed by atoms with van der Waals surface area (Å²) in [4.78, 5) is 37.3. The Morgan fingerprint density at radius 3 is 2.73 bits per heavy atom. The van der Waals surface area contributed by atoms with E-state index in [0.29, 0.717) is 22.8 Å². The van der Waals surface area contributed by atoms with Crippen LogP contribution in [-0.2, 0) is 0 Å². The summed E-state index contributed by atoms with van der Waals surface area (Å²) in [6, 6.07) is 2.36. The molecule has 0 bridgehead atoms. The van der Waals surface area contributed by atoms with Gasteiger partial charge in [0.2, 0.25) is 5.88 Å². The number of amides is 1. The van der Waals surface area contributed by atoms with Crippen LogP contribution >= 0.6 is 0 Å². The Morgan fingerprint density at radius 1 is 1.24 bits per heavy atom. The number of hydrogen-bond donors (Lipinski definition) is 4. The molecule has 4 N–H and O–H groups in total. The Morgan fingerprint density at radius 2 is 2.03 bits per heavy atom. The Balaban J connectivity index is 1.63. The van der Waals surface area contributed by atoms with Gasteiger partial charge in [-0.15, -0.1) is 0 Å². The number of rotatable bonds is 4. The predicted molar refractivity (Wildman–Crippen MR) is 108 cm³/mol. The summed E-state index contributed by atoms with van der Waals surface area (Å²) in [5.41, 5.74) is -0.853. The van der Waals surface area contributed by atoms with Gasteiger partial charge in [0, 0.05) is 17.4 Å². The summed E-state index contributed by atoms with van der Waals surface area (Å²) in [6.07, 6.45) is 4.55. The first-order valence-corrected chi connectivity index (χ1v) is 9.70. The van der Waals surface area contributed by atoms with Crippen molar-refractivity contribution in [3.05, 3.63) is 74.3 Å². The monoisotopic (exact) mass is 457 g/mol. The Hall–Kier alpha value is -4.42. The molecule has 0 saturated heterocycles. The molecular weight excluding hydrogens is 443 g/mol. The Labute approximate surface area is 181 Å². The standard InChI is InChI=1S/C20H14F3N7O3/c21-9-4-11(16(23)12(22)5-9)18(31)28-14-6-15(25-10-1-2-10)30-17(27-14)8(7-24-30)3-13-19(32)29-20(33)26-13/h3-7,10,32H,1-2H2,(H,28,31)(H2,26,29,33)/b8-3+,25-15?. The molecule has 3 aromatic heterocycles. The van der Waals surface area contributed by atoms with E-state index in [4.69, 9.17) is 0 Å². The highest BCUT2D eigenvalue weighted by molar-refractivity contribution is 6.04. The number of hydrogen-bond acceptors (Lipinski definition) is 6. The molecule has 1 aliphatic rings. The van der Waals surface area contributed by atoms with Crippen LogP contribution in [-0.4, -0.2) is 41.6 Å². The van der Waals surface area contributed by atoms with E-state index in [1.807, 2.05) is 0 Å². The molecule has 1 amide bonds. The highest BCUT2D eigenvalue weighted by atomic mass is 19.2. The van der Waals surface area contributed by atoms with Gasteiger partial charge in [-0.1, -0.05) is 0 Å². The molecule has 5 rings (SSSR count). The van der Waals surface area contributed by atoms with Crippen LogP contribution in [0.2, 0.25) is 0 Å². The van der Waals surface area contributed by atoms with Crippen molar-refractivity contribution >= 4 is 23.4 Å². The van der Waals surface area contributed by atoms with E-state index < -0.39 is 40.5 Å². The van der Waals surface area contributed by atoms with Gasteiger partial charge in [-0.3, -0.25) is 14.8 Å². The number of nitrogens with one attached hydrogen (secondary N) is 3. The van der Waals surface area contributed by atoms with Gasteiger partial charge in [-0.05, 0) is 25.0 Å².